The summed E-state index contributed by atoms with van der Waals surface area (Å²) in [6.45, 7) is 3.76. The van der Waals surface area contributed by atoms with Gasteiger partial charge in [0.05, 0.1) is 10.6 Å². The van der Waals surface area contributed by atoms with E-state index < -0.39 is 10.0 Å². The van der Waals surface area contributed by atoms with Gasteiger partial charge in [-0.2, -0.15) is 12.8 Å². The molecular weight excluding hydrogens is 274 g/mol. The van der Waals surface area contributed by atoms with Crippen LogP contribution in [0, 0.1) is 5.92 Å². The van der Waals surface area contributed by atoms with Crippen molar-refractivity contribution in [2.75, 3.05) is 0 Å². The van der Waals surface area contributed by atoms with Gasteiger partial charge in [-0.25, -0.2) is 0 Å². The Hall–Kier alpha value is -2.01. The van der Waals surface area contributed by atoms with Crippen LogP contribution < -0.4 is 0 Å². The Balaban J connectivity index is 2.42. The van der Waals surface area contributed by atoms with Gasteiger partial charge in [0.25, 0.3) is 10.0 Å². The molecule has 1 aliphatic carbocycles. The Morgan fingerprint density at radius 1 is 1.05 bits per heavy atom. The SMILES string of the molecule is CC(C)C1=CC(=NS(=O)(=O)c2ccccc2)C=CC1=O. The molecule has 104 valence electrons. The van der Waals surface area contributed by atoms with Gasteiger partial charge in [-0.05, 0) is 36.3 Å². The third-order valence-corrected chi connectivity index (χ3v) is 4.20. The van der Waals surface area contributed by atoms with Crippen molar-refractivity contribution in [2.45, 2.75) is 18.7 Å². The van der Waals surface area contributed by atoms with Gasteiger partial charge in [-0.1, -0.05) is 32.0 Å². The maximum absolute atomic E-state index is 12.1. The highest BCUT2D eigenvalue weighted by molar-refractivity contribution is 7.90. The van der Waals surface area contributed by atoms with E-state index in [0.717, 1.165) is 0 Å². The molecule has 20 heavy (non-hydrogen) atoms. The van der Waals surface area contributed by atoms with Crippen molar-refractivity contribution in [1.29, 1.82) is 0 Å². The molecule has 0 spiro atoms. The highest BCUT2D eigenvalue weighted by atomic mass is 32.2. The van der Waals surface area contributed by atoms with Crippen LogP contribution in [-0.4, -0.2) is 19.9 Å². The second kappa shape index (κ2) is 5.54. The Kier molecular flexibility index (Phi) is 3.99. The molecular formula is C15H15NO3S. The van der Waals surface area contributed by atoms with Crippen LogP contribution >= 0.6 is 0 Å². The zero-order valence-electron chi connectivity index (χ0n) is 11.3. The average Bonchev–Trinajstić information content (AvgIpc) is 2.41. The van der Waals surface area contributed by atoms with Gasteiger partial charge in [-0.15, -0.1) is 0 Å². The Bertz CT molecular complexity index is 711. The lowest BCUT2D eigenvalue weighted by atomic mass is 9.94. The van der Waals surface area contributed by atoms with Crippen LogP contribution in [-0.2, 0) is 14.8 Å². The molecule has 0 heterocycles. The van der Waals surface area contributed by atoms with Crippen molar-refractivity contribution < 1.29 is 13.2 Å². The highest BCUT2D eigenvalue weighted by Gasteiger charge is 2.18. The maximum Gasteiger partial charge on any atom is 0.282 e. The molecule has 4 nitrogen and oxygen atoms in total. The van der Waals surface area contributed by atoms with Gasteiger partial charge >= 0.3 is 0 Å². The fourth-order valence-corrected chi connectivity index (χ4v) is 2.83. The van der Waals surface area contributed by atoms with Crippen LogP contribution in [0.25, 0.3) is 0 Å². The predicted octanol–water partition coefficient (Wildman–Crippen LogP) is 2.54. The summed E-state index contributed by atoms with van der Waals surface area (Å²) in [6.07, 6.45) is 4.32. The van der Waals surface area contributed by atoms with Gasteiger partial charge in [0.1, 0.15) is 0 Å². The van der Waals surface area contributed by atoms with Crippen molar-refractivity contribution in [3.05, 3.63) is 54.1 Å². The molecule has 1 aliphatic rings. The topological polar surface area (TPSA) is 63.6 Å². The molecule has 1 aromatic carbocycles. The minimum Gasteiger partial charge on any atom is -0.290 e. The lowest BCUT2D eigenvalue weighted by molar-refractivity contribution is -0.111. The molecule has 0 saturated carbocycles. The largest absolute Gasteiger partial charge is 0.290 e. The number of benzene rings is 1. The van der Waals surface area contributed by atoms with E-state index in [1.807, 2.05) is 13.8 Å². The summed E-state index contributed by atoms with van der Waals surface area (Å²) >= 11 is 0. The quantitative estimate of drug-likeness (QED) is 0.803. The van der Waals surface area contributed by atoms with E-state index in [4.69, 9.17) is 0 Å². The molecule has 2 rings (SSSR count). The summed E-state index contributed by atoms with van der Waals surface area (Å²) in [5.74, 6) is -0.0758. The van der Waals surface area contributed by atoms with Crippen LogP contribution in [0.15, 0.2) is 63.4 Å². The van der Waals surface area contributed by atoms with Crippen LogP contribution in [0.5, 0.6) is 0 Å². The number of carbonyl (C=O) groups is 1. The van der Waals surface area contributed by atoms with Gasteiger partial charge in [0.2, 0.25) is 0 Å². The molecule has 0 radical (unpaired) electrons. The highest BCUT2D eigenvalue weighted by Crippen LogP contribution is 2.18. The minimum absolute atomic E-state index is 0.0251. The summed E-state index contributed by atoms with van der Waals surface area (Å²) < 4.78 is 28.0. The predicted molar refractivity (Wildman–Crippen MR) is 78.1 cm³/mol. The maximum atomic E-state index is 12.1. The summed E-state index contributed by atoms with van der Waals surface area (Å²) in [4.78, 5) is 11.8. The lowest BCUT2D eigenvalue weighted by Crippen LogP contribution is -2.13. The van der Waals surface area contributed by atoms with Crippen molar-refractivity contribution in [1.82, 2.24) is 0 Å². The third-order valence-electron chi connectivity index (χ3n) is 2.88. The van der Waals surface area contributed by atoms with E-state index in [1.165, 1.54) is 30.4 Å². The Labute approximate surface area is 118 Å². The number of carbonyl (C=O) groups excluding carboxylic acids is 1. The summed E-state index contributed by atoms with van der Waals surface area (Å²) in [5, 5.41) is 0. The molecule has 0 N–H and O–H groups in total. The van der Waals surface area contributed by atoms with Crippen LogP contribution in [0.3, 0.4) is 0 Å². The van der Waals surface area contributed by atoms with E-state index in [1.54, 1.807) is 18.2 Å². The van der Waals surface area contributed by atoms with E-state index in [0.29, 0.717) is 5.57 Å². The molecule has 5 heteroatoms. The smallest absolute Gasteiger partial charge is 0.282 e. The molecule has 0 atom stereocenters. The number of hydrogen-bond donors (Lipinski definition) is 0. The minimum atomic E-state index is -3.75. The molecule has 0 aromatic heterocycles. The molecule has 0 fully saturated rings. The van der Waals surface area contributed by atoms with Gasteiger partial charge in [0, 0.05) is 5.57 Å². The van der Waals surface area contributed by atoms with Crippen LogP contribution in [0.2, 0.25) is 0 Å². The van der Waals surface area contributed by atoms with E-state index in [2.05, 4.69) is 4.40 Å². The second-order valence-electron chi connectivity index (χ2n) is 4.76. The van der Waals surface area contributed by atoms with Gasteiger partial charge in [-0.3, -0.25) is 4.79 Å². The second-order valence-corrected chi connectivity index (χ2v) is 6.36. The van der Waals surface area contributed by atoms with Gasteiger partial charge in [0.15, 0.2) is 5.78 Å². The summed E-state index contributed by atoms with van der Waals surface area (Å²) in [5.41, 5.74) is 0.840. The first kappa shape index (κ1) is 14.4. The first-order valence-corrected chi connectivity index (χ1v) is 7.68. The first-order chi connectivity index (χ1) is 9.40. The number of allylic oxidation sites excluding steroid dienone is 4. The fraction of sp³-hybridized carbons (Fsp3) is 0.200. The van der Waals surface area contributed by atoms with Crippen molar-refractivity contribution in [3.8, 4) is 0 Å². The molecule has 1 aromatic rings. The van der Waals surface area contributed by atoms with E-state index in [9.17, 15) is 13.2 Å². The van der Waals surface area contributed by atoms with Crippen LogP contribution in [0.1, 0.15) is 13.8 Å². The molecule has 0 aliphatic heterocycles. The molecule has 0 unspecified atom stereocenters. The van der Waals surface area contributed by atoms with E-state index >= 15 is 0 Å². The standard InChI is InChI=1S/C15H15NO3S/c1-11(2)14-10-12(8-9-15(14)17)16-20(18,19)13-6-4-3-5-7-13/h3-11H,1-2H3. The van der Waals surface area contributed by atoms with Crippen LogP contribution in [0.4, 0.5) is 0 Å². The van der Waals surface area contributed by atoms with Gasteiger partial charge < -0.3 is 0 Å². The number of ketones is 1. The van der Waals surface area contributed by atoms with Crippen molar-refractivity contribution in [2.24, 2.45) is 10.3 Å². The number of rotatable bonds is 3. The molecule has 0 amide bonds. The zero-order valence-corrected chi connectivity index (χ0v) is 12.1. The van der Waals surface area contributed by atoms with Crippen molar-refractivity contribution in [3.63, 3.8) is 0 Å². The third kappa shape index (κ3) is 3.11. The van der Waals surface area contributed by atoms with Crippen molar-refractivity contribution >= 4 is 21.5 Å². The van der Waals surface area contributed by atoms with E-state index in [-0.39, 0.29) is 22.3 Å². The number of nitrogens with zero attached hydrogens (tertiary/aromatic N) is 1. The first-order valence-electron chi connectivity index (χ1n) is 6.24. The normalized spacial score (nSPS) is 17.6. The monoisotopic (exact) mass is 289 g/mol. The Morgan fingerprint density at radius 2 is 1.70 bits per heavy atom. The number of hydrogen-bond acceptors (Lipinski definition) is 3. The summed E-state index contributed by atoms with van der Waals surface area (Å²) in [6, 6.07) is 8.00. The summed E-state index contributed by atoms with van der Waals surface area (Å²) in [7, 11) is -3.75. The lowest BCUT2D eigenvalue weighted by Gasteiger charge is -2.11. The molecule has 0 bridgehead atoms. The molecule has 0 saturated heterocycles. The average molecular weight is 289 g/mol. The number of sulfonamides is 1. The zero-order chi connectivity index (χ0) is 14.8. The Morgan fingerprint density at radius 3 is 2.30 bits per heavy atom. The fourth-order valence-electron chi connectivity index (χ4n) is 1.83.